The molecule has 0 aliphatic carbocycles. The summed E-state index contributed by atoms with van der Waals surface area (Å²) in [4.78, 5) is 24.0. The van der Waals surface area contributed by atoms with Crippen molar-refractivity contribution in [3.8, 4) is 0 Å². The van der Waals surface area contributed by atoms with E-state index in [1.807, 2.05) is 11.8 Å². The molecule has 0 bridgehead atoms. The third kappa shape index (κ3) is 4.16. The molecule has 0 saturated carbocycles. The Bertz CT molecular complexity index is 533. The normalized spacial score (nSPS) is 15.6. The van der Waals surface area contributed by atoms with Crippen molar-refractivity contribution in [1.82, 2.24) is 10.2 Å². The van der Waals surface area contributed by atoms with E-state index in [2.05, 4.69) is 10.6 Å². The first-order valence-corrected chi connectivity index (χ1v) is 7.10. The van der Waals surface area contributed by atoms with Crippen molar-refractivity contribution >= 4 is 17.3 Å². The van der Waals surface area contributed by atoms with Crippen molar-refractivity contribution < 1.29 is 9.72 Å². The molecular formula is C14H20N4O3. The monoisotopic (exact) mass is 292 g/mol. The van der Waals surface area contributed by atoms with Gasteiger partial charge in [-0.2, -0.15) is 0 Å². The van der Waals surface area contributed by atoms with Crippen LogP contribution in [-0.4, -0.2) is 41.9 Å². The van der Waals surface area contributed by atoms with Crippen LogP contribution in [0.15, 0.2) is 18.2 Å². The fourth-order valence-electron chi connectivity index (χ4n) is 2.33. The van der Waals surface area contributed by atoms with E-state index in [1.54, 1.807) is 12.1 Å². The topological polar surface area (TPSA) is 87.5 Å². The van der Waals surface area contributed by atoms with Gasteiger partial charge in [0.25, 0.3) is 5.69 Å². The number of nitro benzene ring substituents is 1. The van der Waals surface area contributed by atoms with Crippen molar-refractivity contribution in [3.05, 3.63) is 33.9 Å². The predicted molar refractivity (Wildman–Crippen MR) is 80.2 cm³/mol. The number of hydrogen-bond acceptors (Lipinski definition) is 5. The molecule has 1 aromatic carbocycles. The van der Waals surface area contributed by atoms with Crippen LogP contribution >= 0.6 is 0 Å². The summed E-state index contributed by atoms with van der Waals surface area (Å²) >= 11 is 0. The Morgan fingerprint density at radius 3 is 2.95 bits per heavy atom. The fraction of sp³-hybridized carbons (Fsp3) is 0.500. The molecule has 1 fully saturated rings. The maximum Gasteiger partial charge on any atom is 0.292 e. The van der Waals surface area contributed by atoms with Gasteiger partial charge >= 0.3 is 0 Å². The molecule has 0 spiro atoms. The third-order valence-electron chi connectivity index (χ3n) is 3.35. The molecule has 114 valence electrons. The van der Waals surface area contributed by atoms with E-state index in [0.717, 1.165) is 18.5 Å². The van der Waals surface area contributed by atoms with Gasteiger partial charge in [0.2, 0.25) is 5.91 Å². The molecule has 1 aliphatic heterocycles. The lowest BCUT2D eigenvalue weighted by atomic mass is 10.1. The first-order chi connectivity index (χ1) is 10.1. The lowest BCUT2D eigenvalue weighted by Gasteiger charge is -2.26. The quantitative estimate of drug-likeness (QED) is 0.610. The van der Waals surface area contributed by atoms with Crippen LogP contribution in [-0.2, 0) is 11.3 Å². The molecule has 1 aromatic rings. The summed E-state index contributed by atoms with van der Waals surface area (Å²) in [6.07, 6.45) is 0.897. The molecular weight excluding hydrogens is 272 g/mol. The minimum Gasteiger partial charge on any atom is -0.379 e. The number of hydrogen-bond donors (Lipinski definition) is 2. The van der Waals surface area contributed by atoms with Gasteiger partial charge in [0.15, 0.2) is 0 Å². The van der Waals surface area contributed by atoms with Gasteiger partial charge in [-0.15, -0.1) is 0 Å². The van der Waals surface area contributed by atoms with Crippen molar-refractivity contribution in [2.75, 3.05) is 31.5 Å². The molecule has 1 aliphatic rings. The average Bonchev–Trinajstić information content (AvgIpc) is 2.45. The Morgan fingerprint density at radius 1 is 1.48 bits per heavy atom. The number of nitrogens with zero attached hydrogens (tertiary/aromatic N) is 2. The zero-order chi connectivity index (χ0) is 15.2. The second-order valence-corrected chi connectivity index (χ2v) is 5.10. The van der Waals surface area contributed by atoms with E-state index in [4.69, 9.17) is 0 Å². The van der Waals surface area contributed by atoms with Gasteiger partial charge in [-0.05, 0) is 18.1 Å². The Kier molecular flexibility index (Phi) is 5.10. The summed E-state index contributed by atoms with van der Waals surface area (Å²) < 4.78 is 0. The average molecular weight is 292 g/mol. The summed E-state index contributed by atoms with van der Waals surface area (Å²) in [7, 11) is 0. The highest BCUT2D eigenvalue weighted by Crippen LogP contribution is 2.26. The molecule has 21 heavy (non-hydrogen) atoms. The van der Waals surface area contributed by atoms with Crippen LogP contribution in [0, 0.1) is 10.1 Å². The Hall–Kier alpha value is -2.15. The highest BCUT2D eigenvalue weighted by Gasteiger charge is 2.18. The van der Waals surface area contributed by atoms with Crippen LogP contribution < -0.4 is 10.6 Å². The molecule has 0 aromatic heterocycles. The third-order valence-corrected chi connectivity index (χ3v) is 3.35. The van der Waals surface area contributed by atoms with Gasteiger partial charge in [0.05, 0.1) is 11.5 Å². The molecule has 1 heterocycles. The number of carbonyl (C=O) groups is 1. The number of carbonyl (C=O) groups excluding carboxylic acids is 1. The zero-order valence-electron chi connectivity index (χ0n) is 12.1. The molecule has 0 atom stereocenters. The van der Waals surface area contributed by atoms with E-state index in [1.165, 1.54) is 6.07 Å². The smallest absolute Gasteiger partial charge is 0.292 e. The van der Waals surface area contributed by atoms with Gasteiger partial charge in [0.1, 0.15) is 5.69 Å². The summed E-state index contributed by atoms with van der Waals surface area (Å²) in [6.45, 7) is 5.12. The number of benzene rings is 1. The second-order valence-electron chi connectivity index (χ2n) is 5.10. The molecule has 0 unspecified atom stereocenters. The van der Waals surface area contributed by atoms with Crippen molar-refractivity contribution in [2.45, 2.75) is 19.9 Å². The number of nitro groups is 1. The van der Waals surface area contributed by atoms with Gasteiger partial charge in [0, 0.05) is 32.2 Å². The van der Waals surface area contributed by atoms with Gasteiger partial charge in [-0.3, -0.25) is 19.8 Å². The SMILES string of the molecule is CCCNc1cc(CN2CCNC(=O)C2)ccc1[N+](=O)[O-]. The number of rotatable bonds is 6. The maximum absolute atomic E-state index is 11.4. The standard InChI is InChI=1S/C14H20N4O3/c1-2-5-15-12-8-11(3-4-13(12)18(20)21)9-17-7-6-16-14(19)10-17/h3-4,8,15H,2,5-7,9-10H2,1H3,(H,16,19). The molecule has 1 saturated heterocycles. The Balaban J connectivity index is 2.12. The molecule has 0 radical (unpaired) electrons. The van der Waals surface area contributed by atoms with Crippen LogP contribution in [0.3, 0.4) is 0 Å². The minimum atomic E-state index is -0.379. The van der Waals surface area contributed by atoms with Crippen LogP contribution in [0.5, 0.6) is 0 Å². The van der Waals surface area contributed by atoms with Crippen LogP contribution in [0.1, 0.15) is 18.9 Å². The minimum absolute atomic E-state index is 0.0208. The number of nitrogens with one attached hydrogen (secondary N) is 2. The first-order valence-electron chi connectivity index (χ1n) is 7.10. The van der Waals surface area contributed by atoms with Crippen molar-refractivity contribution in [3.63, 3.8) is 0 Å². The largest absolute Gasteiger partial charge is 0.379 e. The lowest BCUT2D eigenvalue weighted by Crippen LogP contribution is -2.47. The van der Waals surface area contributed by atoms with Gasteiger partial charge in [-0.25, -0.2) is 0 Å². The van der Waals surface area contributed by atoms with E-state index < -0.39 is 0 Å². The maximum atomic E-state index is 11.4. The predicted octanol–water partition coefficient (Wildman–Crippen LogP) is 1.35. The summed E-state index contributed by atoms with van der Waals surface area (Å²) in [5.74, 6) is 0.0208. The molecule has 2 N–H and O–H groups in total. The zero-order valence-corrected chi connectivity index (χ0v) is 12.1. The van der Waals surface area contributed by atoms with Crippen LogP contribution in [0.25, 0.3) is 0 Å². The number of anilines is 1. The van der Waals surface area contributed by atoms with E-state index >= 15 is 0 Å². The van der Waals surface area contributed by atoms with E-state index in [0.29, 0.717) is 31.9 Å². The van der Waals surface area contributed by atoms with Gasteiger partial charge < -0.3 is 10.6 Å². The summed E-state index contributed by atoms with van der Waals surface area (Å²) in [5, 5.41) is 16.9. The molecule has 1 amide bonds. The summed E-state index contributed by atoms with van der Waals surface area (Å²) in [6, 6.07) is 5.08. The summed E-state index contributed by atoms with van der Waals surface area (Å²) in [5.41, 5.74) is 1.60. The molecule has 2 rings (SSSR count). The van der Waals surface area contributed by atoms with Crippen LogP contribution in [0.4, 0.5) is 11.4 Å². The lowest BCUT2D eigenvalue weighted by molar-refractivity contribution is -0.384. The highest BCUT2D eigenvalue weighted by atomic mass is 16.6. The van der Waals surface area contributed by atoms with Crippen molar-refractivity contribution in [1.29, 1.82) is 0 Å². The van der Waals surface area contributed by atoms with E-state index in [-0.39, 0.29) is 16.5 Å². The fourth-order valence-corrected chi connectivity index (χ4v) is 2.33. The number of piperazine rings is 1. The number of amides is 1. The second kappa shape index (κ2) is 7.03. The van der Waals surface area contributed by atoms with E-state index in [9.17, 15) is 14.9 Å². The van der Waals surface area contributed by atoms with Crippen molar-refractivity contribution in [2.24, 2.45) is 0 Å². The highest BCUT2D eigenvalue weighted by molar-refractivity contribution is 5.78. The Morgan fingerprint density at radius 2 is 2.29 bits per heavy atom. The first kappa shape index (κ1) is 15.2. The molecule has 7 nitrogen and oxygen atoms in total. The van der Waals surface area contributed by atoms with Gasteiger partial charge in [-0.1, -0.05) is 13.0 Å². The van der Waals surface area contributed by atoms with Crippen LogP contribution in [0.2, 0.25) is 0 Å². The Labute approximate surface area is 123 Å². The molecule has 7 heteroatoms.